The third-order valence-electron chi connectivity index (χ3n) is 11.1. The molecule has 14 N–H and O–H groups in total. The Kier molecular flexibility index (Phi) is 16.0. The van der Waals surface area contributed by atoms with Gasteiger partial charge in [0.15, 0.2) is 0 Å². The number of nitrogens with zero attached hydrogens (tertiary/aromatic N) is 1. The summed E-state index contributed by atoms with van der Waals surface area (Å²) in [7, 11) is 0. The van der Waals surface area contributed by atoms with Crippen molar-refractivity contribution in [2.45, 2.75) is 88.1 Å². The number of para-hydroxylation sites is 2. The van der Waals surface area contributed by atoms with Crippen LogP contribution in [-0.2, 0) is 54.5 Å². The second-order valence-electron chi connectivity index (χ2n) is 15.8. The number of amides is 6. The van der Waals surface area contributed by atoms with Gasteiger partial charge in [0.2, 0.25) is 35.4 Å². The van der Waals surface area contributed by atoms with Crippen molar-refractivity contribution in [1.82, 2.24) is 46.5 Å². The number of hydrogen-bond acceptors (Lipinski definition) is 9. The Morgan fingerprint density at radius 2 is 1.11 bits per heavy atom. The molecule has 0 saturated heterocycles. The molecule has 18 heteroatoms. The maximum atomic E-state index is 14.4. The van der Waals surface area contributed by atoms with Crippen LogP contribution >= 0.6 is 0 Å². The van der Waals surface area contributed by atoms with Gasteiger partial charge in [-0.15, -0.1) is 0 Å². The smallest absolute Gasteiger partial charge is 0.243 e. The molecule has 3 heterocycles. The quantitative estimate of drug-likeness (QED) is 0.0409. The molecule has 6 atom stereocenters. The predicted molar refractivity (Wildman–Crippen MR) is 242 cm³/mol. The van der Waals surface area contributed by atoms with Crippen LogP contribution in [0.4, 0.5) is 0 Å². The predicted octanol–water partition coefficient (Wildman–Crippen LogP) is 1.03. The molecule has 0 aliphatic heterocycles. The number of nitrogens with one attached hydrogen (secondary N) is 8. The standard InChI is InChI=1S/C46H56N12O6/c1-27(54-44(62)39(20-29-23-51-35-15-7-5-13-32(29)35)57-43(61)34(48)22-31-25-50-26-53-31)42(60)56-40(21-30-24-52-36-16-8-6-14-33(30)36)46(64)58-38(19-28-11-3-2-4-12-28)45(63)55-37(41(49)59)17-9-10-18-47/h2-8,11-16,23-27,34,37-40,51-52H,9-10,17-22,47-48H2,1H3,(H2,49,59)(H,50,53)(H,54,62)(H,55,63)(H,56,60)(H,57,61)(H,58,64)/t27-,34-,37-,38-,39-,40-/m0/s1. The summed E-state index contributed by atoms with van der Waals surface area (Å²) in [6, 6.07) is 17.2. The number of H-pyrrole nitrogens is 3. The number of primary amides is 1. The van der Waals surface area contributed by atoms with Gasteiger partial charge in [-0.1, -0.05) is 66.7 Å². The second-order valence-corrected chi connectivity index (χ2v) is 15.8. The normalized spacial score (nSPS) is 14.1. The fourth-order valence-corrected chi connectivity index (χ4v) is 7.52. The molecule has 18 nitrogen and oxygen atoms in total. The van der Waals surface area contributed by atoms with Gasteiger partial charge in [-0.25, -0.2) is 4.98 Å². The maximum absolute atomic E-state index is 14.4. The van der Waals surface area contributed by atoms with Crippen LogP contribution in [0, 0.1) is 0 Å². The highest BCUT2D eigenvalue weighted by molar-refractivity contribution is 5.97. The molecule has 3 aromatic heterocycles. The molecular formula is C46H56N12O6. The van der Waals surface area contributed by atoms with E-state index in [4.69, 9.17) is 17.2 Å². The Bertz CT molecular complexity index is 2520. The van der Waals surface area contributed by atoms with Crippen molar-refractivity contribution in [2.75, 3.05) is 6.54 Å². The van der Waals surface area contributed by atoms with E-state index in [9.17, 15) is 28.8 Å². The summed E-state index contributed by atoms with van der Waals surface area (Å²) in [5.41, 5.74) is 21.9. The fraction of sp³-hybridized carbons (Fsp3) is 0.326. The van der Waals surface area contributed by atoms with Gasteiger partial charge in [-0.2, -0.15) is 0 Å². The molecule has 3 aromatic carbocycles. The summed E-state index contributed by atoms with van der Waals surface area (Å²) in [6.07, 6.45) is 8.25. The largest absolute Gasteiger partial charge is 0.368 e. The number of carbonyl (C=O) groups is 6. The van der Waals surface area contributed by atoms with Crippen molar-refractivity contribution in [3.8, 4) is 0 Å². The van der Waals surface area contributed by atoms with Gasteiger partial charge in [0.1, 0.15) is 30.2 Å². The van der Waals surface area contributed by atoms with E-state index in [1.165, 1.54) is 13.3 Å². The minimum absolute atomic E-state index is 0.00192. The topological polar surface area (TPSA) is 301 Å². The Balaban J connectivity index is 1.22. The highest BCUT2D eigenvalue weighted by Crippen LogP contribution is 2.21. The van der Waals surface area contributed by atoms with E-state index >= 15 is 0 Å². The molecule has 0 aliphatic rings. The third-order valence-corrected chi connectivity index (χ3v) is 11.1. The van der Waals surface area contributed by atoms with Gasteiger partial charge >= 0.3 is 0 Å². The lowest BCUT2D eigenvalue weighted by molar-refractivity contribution is -0.134. The minimum atomic E-state index is -1.25. The molecule has 6 amide bonds. The zero-order valence-corrected chi connectivity index (χ0v) is 35.6. The lowest BCUT2D eigenvalue weighted by atomic mass is 10.0. The molecule has 0 bridgehead atoms. The van der Waals surface area contributed by atoms with E-state index in [0.29, 0.717) is 30.6 Å². The number of carbonyl (C=O) groups excluding carboxylic acids is 6. The second kappa shape index (κ2) is 22.2. The van der Waals surface area contributed by atoms with Crippen molar-refractivity contribution in [2.24, 2.45) is 17.2 Å². The molecule has 0 unspecified atom stereocenters. The molecule has 0 aliphatic carbocycles. The number of aromatic amines is 3. The molecule has 6 rings (SSSR count). The zero-order chi connectivity index (χ0) is 45.6. The zero-order valence-electron chi connectivity index (χ0n) is 35.6. The van der Waals surface area contributed by atoms with Crippen molar-refractivity contribution >= 4 is 57.2 Å². The summed E-state index contributed by atoms with van der Waals surface area (Å²) in [4.78, 5) is 95.6. The van der Waals surface area contributed by atoms with Crippen LogP contribution in [-0.4, -0.2) is 98.2 Å². The summed E-state index contributed by atoms with van der Waals surface area (Å²) in [5.74, 6) is -4.03. The van der Waals surface area contributed by atoms with Gasteiger partial charge in [-0.3, -0.25) is 28.8 Å². The Hall–Kier alpha value is -7.31. The van der Waals surface area contributed by atoms with Crippen LogP contribution in [0.1, 0.15) is 48.6 Å². The van der Waals surface area contributed by atoms with Crippen LogP contribution in [0.2, 0.25) is 0 Å². The highest BCUT2D eigenvalue weighted by Gasteiger charge is 2.33. The molecule has 0 spiro atoms. The van der Waals surface area contributed by atoms with E-state index in [2.05, 4.69) is 46.5 Å². The minimum Gasteiger partial charge on any atom is -0.368 e. The average molecular weight is 873 g/mol. The number of unbranched alkanes of at least 4 members (excludes halogenated alkanes) is 1. The Morgan fingerprint density at radius 1 is 0.594 bits per heavy atom. The number of fused-ring (bicyclic) bond motifs is 2. The van der Waals surface area contributed by atoms with E-state index in [1.54, 1.807) is 42.9 Å². The molecule has 6 aromatic rings. The van der Waals surface area contributed by atoms with E-state index < -0.39 is 71.7 Å². The molecule has 64 heavy (non-hydrogen) atoms. The maximum Gasteiger partial charge on any atom is 0.243 e. The van der Waals surface area contributed by atoms with Crippen LogP contribution in [0.15, 0.2) is 104 Å². The van der Waals surface area contributed by atoms with Crippen LogP contribution in [0.25, 0.3) is 21.8 Å². The van der Waals surface area contributed by atoms with Gasteiger partial charge < -0.3 is 58.7 Å². The van der Waals surface area contributed by atoms with Crippen molar-refractivity contribution in [1.29, 1.82) is 0 Å². The first-order valence-electron chi connectivity index (χ1n) is 21.3. The van der Waals surface area contributed by atoms with E-state index in [1.807, 2.05) is 54.6 Å². The van der Waals surface area contributed by atoms with Crippen molar-refractivity contribution in [3.05, 3.63) is 126 Å². The first-order chi connectivity index (χ1) is 30.9. The average Bonchev–Trinajstić information content (AvgIpc) is 4.06. The van der Waals surface area contributed by atoms with Crippen LogP contribution < -0.4 is 43.8 Å². The number of aromatic nitrogens is 4. The number of hydrogen-bond donors (Lipinski definition) is 11. The number of benzene rings is 3. The van der Waals surface area contributed by atoms with E-state index in [-0.39, 0.29) is 32.1 Å². The van der Waals surface area contributed by atoms with Gasteiger partial charge in [0.05, 0.1) is 18.1 Å². The highest BCUT2D eigenvalue weighted by atomic mass is 16.2. The lowest BCUT2D eigenvalue weighted by Crippen LogP contribution is -2.59. The summed E-state index contributed by atoms with van der Waals surface area (Å²) in [5, 5.41) is 15.5. The van der Waals surface area contributed by atoms with Gasteiger partial charge in [-0.05, 0) is 61.6 Å². The third kappa shape index (κ3) is 12.4. The Morgan fingerprint density at radius 3 is 1.67 bits per heavy atom. The fourth-order valence-electron chi connectivity index (χ4n) is 7.52. The summed E-state index contributed by atoms with van der Waals surface area (Å²) < 4.78 is 0. The lowest BCUT2D eigenvalue weighted by Gasteiger charge is -2.26. The molecule has 0 saturated carbocycles. The number of imidazole rings is 1. The number of nitrogens with two attached hydrogens (primary N) is 3. The van der Waals surface area contributed by atoms with Crippen molar-refractivity contribution in [3.63, 3.8) is 0 Å². The van der Waals surface area contributed by atoms with Gasteiger partial charge in [0, 0.05) is 66.1 Å². The SMILES string of the molecule is C[C@H](NC(=O)[C@H](Cc1c[nH]c2ccccc12)NC(=O)[C@@H](N)Cc1c[nH]cn1)C(=O)N[C@@H](Cc1c[nH]c2ccccc12)C(=O)N[C@@H](Cc1ccccc1)C(=O)N[C@@H](CCCCN)C(N)=O. The summed E-state index contributed by atoms with van der Waals surface area (Å²) >= 11 is 0. The van der Waals surface area contributed by atoms with Crippen LogP contribution in [0.5, 0.6) is 0 Å². The molecule has 336 valence electrons. The first kappa shape index (κ1) is 46.2. The Labute approximate surface area is 369 Å². The monoisotopic (exact) mass is 872 g/mol. The van der Waals surface area contributed by atoms with Crippen LogP contribution in [0.3, 0.4) is 0 Å². The summed E-state index contributed by atoms with van der Waals surface area (Å²) in [6.45, 7) is 1.87. The van der Waals surface area contributed by atoms with E-state index in [0.717, 1.165) is 32.9 Å². The molecular weight excluding hydrogens is 817 g/mol. The first-order valence-corrected chi connectivity index (χ1v) is 21.3. The van der Waals surface area contributed by atoms with Crippen molar-refractivity contribution < 1.29 is 28.8 Å². The molecule has 0 fully saturated rings. The number of rotatable bonds is 23. The molecule has 0 radical (unpaired) electrons. The van der Waals surface area contributed by atoms with Gasteiger partial charge in [0.25, 0.3) is 0 Å².